The number of methoxy groups -OCH3 is 3. The lowest BCUT2D eigenvalue weighted by atomic mass is 10.1. The smallest absolute Gasteiger partial charge is 0.257 e. The van der Waals surface area contributed by atoms with Crippen LogP contribution in [0.5, 0.6) is 17.2 Å². The van der Waals surface area contributed by atoms with Crippen molar-refractivity contribution >= 4 is 28.9 Å². The molecule has 0 unspecified atom stereocenters. The number of carbonyl (C=O) groups is 1. The largest absolute Gasteiger partial charge is 0.497 e. The summed E-state index contributed by atoms with van der Waals surface area (Å²) in [6.45, 7) is -0.203. The minimum absolute atomic E-state index is 0.110. The van der Waals surface area contributed by atoms with Gasteiger partial charge in [-0.25, -0.2) is 0 Å². The first-order valence-electron chi connectivity index (χ1n) is 9.20. The van der Waals surface area contributed by atoms with E-state index in [2.05, 4.69) is 10.6 Å². The van der Waals surface area contributed by atoms with Crippen molar-refractivity contribution in [2.75, 3.05) is 26.6 Å². The third-order valence-corrected chi connectivity index (χ3v) is 4.59. The molecule has 8 nitrogen and oxygen atoms in total. The Kier molecular flexibility index (Phi) is 7.11. The van der Waals surface area contributed by atoms with Crippen LogP contribution in [-0.2, 0) is 6.61 Å². The van der Waals surface area contributed by atoms with E-state index in [4.69, 9.17) is 30.8 Å². The maximum atomic E-state index is 12.6. The molecule has 3 N–H and O–H groups in total. The summed E-state index contributed by atoms with van der Waals surface area (Å²) in [6.07, 6.45) is 0. The highest BCUT2D eigenvalue weighted by atomic mass is 32.1. The molecule has 0 bridgehead atoms. The Hall–Kier alpha value is -3.56. The van der Waals surface area contributed by atoms with Crippen LogP contribution in [0.1, 0.15) is 16.1 Å². The predicted molar refractivity (Wildman–Crippen MR) is 120 cm³/mol. The Balaban J connectivity index is 1.76. The molecular formula is C22H22N2O6S. The molecule has 1 aromatic heterocycles. The van der Waals surface area contributed by atoms with Gasteiger partial charge in [0.05, 0.1) is 26.9 Å². The Bertz CT molecular complexity index is 1070. The van der Waals surface area contributed by atoms with E-state index in [1.807, 2.05) is 0 Å². The Labute approximate surface area is 184 Å². The van der Waals surface area contributed by atoms with Gasteiger partial charge < -0.3 is 29.1 Å². The second-order valence-corrected chi connectivity index (χ2v) is 6.76. The summed E-state index contributed by atoms with van der Waals surface area (Å²) < 4.78 is 21.4. The topological polar surface area (TPSA) is 102 Å². The standard InChI is InChI=1S/C22H22N2O6S/c1-27-16-8-13(9-17(11-16)28-2)21(26)24-22(31)23-14-4-6-19(29-3)18(10-14)20-7-5-15(12-25)30-20/h4-11,25H,12H2,1-3H3,(H2,23,24,26,31). The molecule has 0 aliphatic heterocycles. The lowest BCUT2D eigenvalue weighted by Crippen LogP contribution is -2.34. The first-order chi connectivity index (χ1) is 15.0. The maximum Gasteiger partial charge on any atom is 0.257 e. The molecule has 0 aliphatic carbocycles. The number of thiocarbonyl (C=S) groups is 1. The van der Waals surface area contributed by atoms with E-state index >= 15 is 0 Å². The monoisotopic (exact) mass is 442 g/mol. The number of aliphatic hydroxyl groups excluding tert-OH is 1. The van der Waals surface area contributed by atoms with Gasteiger partial charge in [0.15, 0.2) is 5.11 Å². The minimum atomic E-state index is -0.415. The highest BCUT2D eigenvalue weighted by Crippen LogP contribution is 2.33. The van der Waals surface area contributed by atoms with Crippen LogP contribution < -0.4 is 24.8 Å². The highest BCUT2D eigenvalue weighted by molar-refractivity contribution is 7.80. The minimum Gasteiger partial charge on any atom is -0.497 e. The predicted octanol–water partition coefficient (Wildman–Crippen LogP) is 3.59. The van der Waals surface area contributed by atoms with Crippen LogP contribution in [0.25, 0.3) is 11.3 Å². The molecular weight excluding hydrogens is 420 g/mol. The maximum absolute atomic E-state index is 12.6. The van der Waals surface area contributed by atoms with Gasteiger partial charge in [-0.1, -0.05) is 0 Å². The number of carbonyl (C=O) groups excluding carboxylic acids is 1. The Morgan fingerprint density at radius 2 is 1.71 bits per heavy atom. The molecule has 0 spiro atoms. The number of hydrogen-bond acceptors (Lipinski definition) is 7. The van der Waals surface area contributed by atoms with E-state index < -0.39 is 5.91 Å². The zero-order valence-corrected chi connectivity index (χ0v) is 18.0. The summed E-state index contributed by atoms with van der Waals surface area (Å²) in [6, 6.07) is 13.5. The first kappa shape index (κ1) is 22.1. The molecule has 3 aromatic rings. The van der Waals surface area contributed by atoms with Gasteiger partial charge in [-0.05, 0) is 54.7 Å². The second kappa shape index (κ2) is 9.96. The Morgan fingerprint density at radius 1 is 1.00 bits per heavy atom. The number of aliphatic hydroxyl groups is 1. The van der Waals surface area contributed by atoms with Crippen molar-refractivity contribution in [2.45, 2.75) is 6.61 Å². The van der Waals surface area contributed by atoms with E-state index in [-0.39, 0.29) is 11.7 Å². The molecule has 31 heavy (non-hydrogen) atoms. The quantitative estimate of drug-likeness (QED) is 0.477. The Morgan fingerprint density at radius 3 is 2.29 bits per heavy atom. The molecule has 1 amide bonds. The van der Waals surface area contributed by atoms with Crippen LogP contribution in [0.3, 0.4) is 0 Å². The number of anilines is 1. The third-order valence-electron chi connectivity index (χ3n) is 4.38. The average molecular weight is 442 g/mol. The van der Waals surface area contributed by atoms with Crippen molar-refractivity contribution in [1.29, 1.82) is 0 Å². The number of hydrogen-bond donors (Lipinski definition) is 3. The fourth-order valence-electron chi connectivity index (χ4n) is 2.86. The lowest BCUT2D eigenvalue weighted by Gasteiger charge is -2.13. The van der Waals surface area contributed by atoms with Crippen LogP contribution in [-0.4, -0.2) is 37.5 Å². The van der Waals surface area contributed by atoms with E-state index in [1.54, 1.807) is 55.6 Å². The summed E-state index contributed by atoms with van der Waals surface area (Å²) in [7, 11) is 4.56. The summed E-state index contributed by atoms with van der Waals surface area (Å²) in [4.78, 5) is 12.6. The molecule has 0 fully saturated rings. The van der Waals surface area contributed by atoms with Crippen molar-refractivity contribution in [3.63, 3.8) is 0 Å². The summed E-state index contributed by atoms with van der Waals surface area (Å²) in [5.74, 6) is 2.12. The van der Waals surface area contributed by atoms with Crippen LogP contribution in [0.15, 0.2) is 52.9 Å². The van der Waals surface area contributed by atoms with Gasteiger partial charge >= 0.3 is 0 Å². The zero-order chi connectivity index (χ0) is 22.4. The van der Waals surface area contributed by atoms with Crippen molar-refractivity contribution in [2.24, 2.45) is 0 Å². The van der Waals surface area contributed by atoms with Crippen molar-refractivity contribution in [1.82, 2.24) is 5.32 Å². The third kappa shape index (κ3) is 5.33. The average Bonchev–Trinajstić information content (AvgIpc) is 3.27. The fourth-order valence-corrected chi connectivity index (χ4v) is 3.07. The van der Waals surface area contributed by atoms with Crippen LogP contribution in [0.2, 0.25) is 0 Å². The van der Waals surface area contributed by atoms with Gasteiger partial charge in [-0.15, -0.1) is 0 Å². The van der Waals surface area contributed by atoms with E-state index in [0.29, 0.717) is 45.6 Å². The summed E-state index contributed by atoms with van der Waals surface area (Å²) in [5, 5.41) is 14.9. The number of nitrogens with one attached hydrogen (secondary N) is 2. The van der Waals surface area contributed by atoms with Gasteiger partial charge in [0.1, 0.15) is 35.4 Å². The summed E-state index contributed by atoms with van der Waals surface area (Å²) in [5.41, 5.74) is 1.62. The number of furan rings is 1. The van der Waals surface area contributed by atoms with Gasteiger partial charge in [0.25, 0.3) is 5.91 Å². The zero-order valence-electron chi connectivity index (χ0n) is 17.2. The second-order valence-electron chi connectivity index (χ2n) is 6.35. The molecule has 9 heteroatoms. The number of rotatable bonds is 7. The normalized spacial score (nSPS) is 10.3. The molecule has 0 atom stereocenters. The number of benzene rings is 2. The van der Waals surface area contributed by atoms with Crippen LogP contribution >= 0.6 is 12.2 Å². The van der Waals surface area contributed by atoms with Gasteiger partial charge in [0.2, 0.25) is 0 Å². The molecule has 0 saturated carbocycles. The lowest BCUT2D eigenvalue weighted by molar-refractivity contribution is 0.0977. The van der Waals surface area contributed by atoms with Crippen LogP contribution in [0.4, 0.5) is 5.69 Å². The van der Waals surface area contributed by atoms with Crippen molar-refractivity contribution < 1.29 is 28.5 Å². The molecule has 1 heterocycles. The van der Waals surface area contributed by atoms with E-state index in [1.165, 1.54) is 14.2 Å². The van der Waals surface area contributed by atoms with E-state index in [9.17, 15) is 9.90 Å². The highest BCUT2D eigenvalue weighted by Gasteiger charge is 2.14. The molecule has 0 aliphatic rings. The van der Waals surface area contributed by atoms with Gasteiger partial charge in [-0.2, -0.15) is 0 Å². The van der Waals surface area contributed by atoms with Crippen LogP contribution in [0, 0.1) is 0 Å². The van der Waals surface area contributed by atoms with E-state index in [0.717, 1.165) is 0 Å². The van der Waals surface area contributed by atoms with Gasteiger partial charge in [0, 0.05) is 17.3 Å². The summed E-state index contributed by atoms with van der Waals surface area (Å²) >= 11 is 5.29. The number of amides is 1. The molecule has 0 saturated heterocycles. The molecule has 3 rings (SSSR count). The SMILES string of the molecule is COc1cc(OC)cc(C(=O)NC(=S)Nc2ccc(OC)c(-c3ccc(CO)o3)c2)c1. The van der Waals surface area contributed by atoms with Gasteiger partial charge in [-0.3, -0.25) is 10.1 Å². The molecule has 162 valence electrons. The van der Waals surface area contributed by atoms with Crippen molar-refractivity contribution in [3.8, 4) is 28.6 Å². The number of ether oxygens (including phenoxy) is 3. The first-order valence-corrected chi connectivity index (χ1v) is 9.61. The fraction of sp³-hybridized carbons (Fsp3) is 0.182. The molecule has 2 aromatic carbocycles. The van der Waals surface area contributed by atoms with Crippen molar-refractivity contribution in [3.05, 3.63) is 59.9 Å². The molecule has 0 radical (unpaired) electrons.